The quantitative estimate of drug-likeness (QED) is 0.701. The smallest absolute Gasteiger partial charge is 0.273 e. The number of ether oxygens (including phenoxy) is 1. The fraction of sp³-hybridized carbons (Fsp3) is 0.111. The zero-order valence-electron chi connectivity index (χ0n) is 13.3. The lowest BCUT2D eigenvalue weighted by molar-refractivity contribution is 0.102. The van der Waals surface area contributed by atoms with E-state index in [1.807, 2.05) is 18.2 Å². The normalized spacial score (nSPS) is 12.6. The zero-order chi connectivity index (χ0) is 18.3. The first-order valence-corrected chi connectivity index (χ1v) is 7.79. The van der Waals surface area contributed by atoms with Crippen LogP contribution in [0, 0.1) is 17.5 Å². The maximum absolute atomic E-state index is 13.7. The van der Waals surface area contributed by atoms with Crippen LogP contribution in [-0.4, -0.2) is 22.7 Å². The fourth-order valence-corrected chi connectivity index (χ4v) is 2.74. The summed E-state index contributed by atoms with van der Waals surface area (Å²) in [6, 6.07) is 8.75. The lowest BCUT2D eigenvalue weighted by Crippen LogP contribution is -2.14. The minimum absolute atomic E-state index is 0.0564. The van der Waals surface area contributed by atoms with Gasteiger partial charge in [0, 0.05) is 12.0 Å². The van der Waals surface area contributed by atoms with E-state index in [1.54, 1.807) is 0 Å². The SMILES string of the molecule is O=C(Nc1ccc(F)c(F)c1F)c1cc(-c2ccc3c(c2)CCO3)n[nH]1. The number of hydrogen-bond acceptors (Lipinski definition) is 3. The highest BCUT2D eigenvalue weighted by atomic mass is 19.2. The number of halogens is 3. The van der Waals surface area contributed by atoms with E-state index < -0.39 is 29.0 Å². The molecule has 1 aromatic heterocycles. The molecule has 1 aliphatic rings. The van der Waals surface area contributed by atoms with Crippen molar-refractivity contribution in [3.8, 4) is 17.0 Å². The van der Waals surface area contributed by atoms with Crippen LogP contribution in [0.15, 0.2) is 36.4 Å². The molecular weight excluding hydrogens is 347 g/mol. The third-order valence-electron chi connectivity index (χ3n) is 4.09. The first-order chi connectivity index (χ1) is 12.5. The van der Waals surface area contributed by atoms with Crippen LogP contribution in [0.3, 0.4) is 0 Å². The van der Waals surface area contributed by atoms with Gasteiger partial charge in [-0.15, -0.1) is 0 Å². The topological polar surface area (TPSA) is 67.0 Å². The Morgan fingerprint density at radius 1 is 1.12 bits per heavy atom. The Labute approximate surface area is 145 Å². The Morgan fingerprint density at radius 3 is 2.81 bits per heavy atom. The summed E-state index contributed by atoms with van der Waals surface area (Å²) in [7, 11) is 0. The third kappa shape index (κ3) is 2.79. The molecule has 4 rings (SSSR count). The van der Waals surface area contributed by atoms with Crippen LogP contribution >= 0.6 is 0 Å². The van der Waals surface area contributed by atoms with Crippen molar-refractivity contribution in [1.82, 2.24) is 10.2 Å². The highest BCUT2D eigenvalue weighted by Crippen LogP contribution is 2.30. The second kappa shape index (κ2) is 6.21. The largest absolute Gasteiger partial charge is 0.493 e. The maximum Gasteiger partial charge on any atom is 0.273 e. The Kier molecular flexibility index (Phi) is 3.87. The molecule has 2 heterocycles. The van der Waals surface area contributed by atoms with Crippen LogP contribution in [-0.2, 0) is 6.42 Å². The zero-order valence-corrected chi connectivity index (χ0v) is 13.3. The van der Waals surface area contributed by atoms with Crippen LogP contribution in [0.5, 0.6) is 5.75 Å². The number of carbonyl (C=O) groups is 1. The van der Waals surface area contributed by atoms with E-state index in [1.165, 1.54) is 6.07 Å². The maximum atomic E-state index is 13.7. The van der Waals surface area contributed by atoms with Crippen molar-refractivity contribution in [2.24, 2.45) is 0 Å². The number of nitrogens with one attached hydrogen (secondary N) is 2. The number of fused-ring (bicyclic) bond motifs is 1. The minimum Gasteiger partial charge on any atom is -0.493 e. The number of amides is 1. The van der Waals surface area contributed by atoms with E-state index in [4.69, 9.17) is 4.74 Å². The molecule has 0 saturated heterocycles. The van der Waals surface area contributed by atoms with Gasteiger partial charge in [0.1, 0.15) is 11.4 Å². The number of anilines is 1. The first-order valence-electron chi connectivity index (χ1n) is 7.79. The van der Waals surface area contributed by atoms with E-state index >= 15 is 0 Å². The fourth-order valence-electron chi connectivity index (χ4n) is 2.74. The number of H-pyrrole nitrogens is 1. The van der Waals surface area contributed by atoms with Crippen molar-refractivity contribution in [2.45, 2.75) is 6.42 Å². The number of benzene rings is 2. The monoisotopic (exact) mass is 359 g/mol. The summed E-state index contributed by atoms with van der Waals surface area (Å²) in [4.78, 5) is 12.2. The molecule has 0 saturated carbocycles. The molecule has 0 aliphatic carbocycles. The van der Waals surface area contributed by atoms with Crippen molar-refractivity contribution in [3.63, 3.8) is 0 Å². The molecule has 132 valence electrons. The van der Waals surface area contributed by atoms with E-state index in [9.17, 15) is 18.0 Å². The molecule has 5 nitrogen and oxygen atoms in total. The highest BCUT2D eigenvalue weighted by Gasteiger charge is 2.18. The molecule has 0 spiro atoms. The van der Waals surface area contributed by atoms with Crippen molar-refractivity contribution in [1.29, 1.82) is 0 Å². The molecule has 0 unspecified atom stereocenters. The molecule has 2 aromatic carbocycles. The molecule has 0 atom stereocenters. The van der Waals surface area contributed by atoms with Crippen LogP contribution in [0.25, 0.3) is 11.3 Å². The summed E-state index contributed by atoms with van der Waals surface area (Å²) < 4.78 is 45.3. The van der Waals surface area contributed by atoms with Crippen LogP contribution in [0.1, 0.15) is 16.1 Å². The van der Waals surface area contributed by atoms with Gasteiger partial charge in [-0.25, -0.2) is 13.2 Å². The Bertz CT molecular complexity index is 1020. The first kappa shape index (κ1) is 16.2. The number of rotatable bonds is 3. The lowest BCUT2D eigenvalue weighted by Gasteiger charge is -2.05. The molecule has 1 aliphatic heterocycles. The van der Waals surface area contributed by atoms with Gasteiger partial charge in [-0.3, -0.25) is 9.89 Å². The van der Waals surface area contributed by atoms with Gasteiger partial charge in [0.25, 0.3) is 5.91 Å². The molecule has 0 bridgehead atoms. The van der Waals surface area contributed by atoms with Gasteiger partial charge in [0.15, 0.2) is 17.5 Å². The van der Waals surface area contributed by atoms with E-state index in [0.717, 1.165) is 35.4 Å². The van der Waals surface area contributed by atoms with Gasteiger partial charge < -0.3 is 10.1 Å². The van der Waals surface area contributed by atoms with Crippen LogP contribution < -0.4 is 10.1 Å². The summed E-state index contributed by atoms with van der Waals surface area (Å²) in [5.74, 6) is -4.33. The number of aromatic nitrogens is 2. The van der Waals surface area contributed by atoms with Crippen molar-refractivity contribution < 1.29 is 22.7 Å². The van der Waals surface area contributed by atoms with Crippen LogP contribution in [0.4, 0.5) is 18.9 Å². The van der Waals surface area contributed by atoms with Gasteiger partial charge in [-0.05, 0) is 42.0 Å². The van der Waals surface area contributed by atoms with Crippen molar-refractivity contribution >= 4 is 11.6 Å². The second-order valence-electron chi connectivity index (χ2n) is 5.76. The average molecular weight is 359 g/mol. The van der Waals surface area contributed by atoms with E-state index in [0.29, 0.717) is 12.3 Å². The summed E-state index contributed by atoms with van der Waals surface area (Å²) in [6.45, 7) is 0.632. The molecule has 2 N–H and O–H groups in total. The second-order valence-corrected chi connectivity index (χ2v) is 5.76. The minimum atomic E-state index is -1.64. The number of carbonyl (C=O) groups excluding carboxylic acids is 1. The van der Waals surface area contributed by atoms with Crippen molar-refractivity contribution in [2.75, 3.05) is 11.9 Å². The standard InChI is InChI=1S/C18H12F3N3O2/c19-11-2-3-12(17(21)16(11)20)22-18(25)14-8-13(23-24-14)9-1-4-15-10(7-9)5-6-26-15/h1-4,7-8H,5-6H2,(H,22,25)(H,23,24). The summed E-state index contributed by atoms with van der Waals surface area (Å²) in [5, 5.41) is 8.82. The number of hydrogen-bond donors (Lipinski definition) is 2. The third-order valence-corrected chi connectivity index (χ3v) is 4.09. The molecular formula is C18H12F3N3O2. The predicted molar refractivity (Wildman–Crippen MR) is 87.5 cm³/mol. The Balaban J connectivity index is 1.56. The molecule has 1 amide bonds. The van der Waals surface area contributed by atoms with Gasteiger partial charge in [-0.1, -0.05) is 0 Å². The van der Waals surface area contributed by atoms with Gasteiger partial charge >= 0.3 is 0 Å². The van der Waals surface area contributed by atoms with Gasteiger partial charge in [-0.2, -0.15) is 5.10 Å². The molecule has 8 heteroatoms. The highest BCUT2D eigenvalue weighted by molar-refractivity contribution is 6.03. The van der Waals surface area contributed by atoms with Gasteiger partial charge in [0.05, 0.1) is 18.0 Å². The summed E-state index contributed by atoms with van der Waals surface area (Å²) >= 11 is 0. The molecule has 3 aromatic rings. The molecule has 26 heavy (non-hydrogen) atoms. The predicted octanol–water partition coefficient (Wildman–Crippen LogP) is 3.68. The molecule has 0 fully saturated rings. The van der Waals surface area contributed by atoms with E-state index in [2.05, 4.69) is 15.5 Å². The van der Waals surface area contributed by atoms with Crippen molar-refractivity contribution in [3.05, 3.63) is 65.1 Å². The molecule has 0 radical (unpaired) electrons. The average Bonchev–Trinajstić information content (AvgIpc) is 3.30. The number of aromatic amines is 1. The van der Waals surface area contributed by atoms with Gasteiger partial charge in [0.2, 0.25) is 0 Å². The Morgan fingerprint density at radius 2 is 1.96 bits per heavy atom. The lowest BCUT2D eigenvalue weighted by atomic mass is 10.1. The Hall–Kier alpha value is -3.29. The van der Waals surface area contributed by atoms with Crippen LogP contribution in [0.2, 0.25) is 0 Å². The summed E-state index contributed by atoms with van der Waals surface area (Å²) in [5.41, 5.74) is 1.97. The number of nitrogens with zero attached hydrogens (tertiary/aromatic N) is 1. The summed E-state index contributed by atoms with van der Waals surface area (Å²) in [6.07, 6.45) is 0.802. The van der Waals surface area contributed by atoms with E-state index in [-0.39, 0.29) is 5.69 Å².